The second-order valence-corrected chi connectivity index (χ2v) is 11.2. The van der Waals surface area contributed by atoms with Crippen LogP contribution < -0.4 is 0 Å². The molecule has 4 nitrogen and oxygen atoms in total. The Morgan fingerprint density at radius 2 is 1.63 bits per heavy atom. The molecule has 5 heteroatoms. The highest BCUT2D eigenvalue weighted by atomic mass is 32.1. The van der Waals surface area contributed by atoms with E-state index < -0.39 is 0 Å². The van der Waals surface area contributed by atoms with E-state index in [-0.39, 0.29) is 0 Å². The van der Waals surface area contributed by atoms with Crippen LogP contribution in [0.2, 0.25) is 0 Å². The van der Waals surface area contributed by atoms with Crippen molar-refractivity contribution in [3.63, 3.8) is 0 Å². The van der Waals surface area contributed by atoms with Gasteiger partial charge in [0, 0.05) is 55.1 Å². The van der Waals surface area contributed by atoms with Crippen molar-refractivity contribution in [1.29, 1.82) is 0 Å². The third kappa shape index (κ3) is 4.21. The SMILES string of the molecule is CC(CCC(C)N1CC2(CC(c3nccs3)C2)C1)N1CCC(c2ccncc2)CC1. The molecule has 2 aromatic rings. The maximum Gasteiger partial charge on any atom is 0.0956 e. The Hall–Kier alpha value is -1.30. The van der Waals surface area contributed by atoms with Crippen molar-refractivity contribution in [2.45, 2.75) is 76.3 Å². The first-order valence-corrected chi connectivity index (χ1v) is 12.8. The highest BCUT2D eigenvalue weighted by Gasteiger charge is 2.53. The smallest absolute Gasteiger partial charge is 0.0956 e. The van der Waals surface area contributed by atoms with Gasteiger partial charge in [-0.05, 0) is 94.5 Å². The lowest BCUT2D eigenvalue weighted by Gasteiger charge is -2.60. The van der Waals surface area contributed by atoms with E-state index in [1.54, 1.807) is 0 Å². The highest BCUT2D eigenvalue weighted by Crippen LogP contribution is 2.56. The van der Waals surface area contributed by atoms with Gasteiger partial charge in [0.2, 0.25) is 0 Å². The zero-order valence-corrected chi connectivity index (χ0v) is 19.4. The third-order valence-electron chi connectivity index (χ3n) is 8.19. The molecule has 162 valence electrons. The van der Waals surface area contributed by atoms with Gasteiger partial charge >= 0.3 is 0 Å². The number of rotatable bonds is 7. The Kier molecular flexibility index (Phi) is 5.96. The number of hydrogen-bond acceptors (Lipinski definition) is 5. The molecule has 1 saturated carbocycles. The lowest BCUT2D eigenvalue weighted by Crippen LogP contribution is -2.63. The summed E-state index contributed by atoms with van der Waals surface area (Å²) in [5.74, 6) is 1.47. The molecule has 2 aliphatic heterocycles. The number of nitrogens with zero attached hydrogens (tertiary/aromatic N) is 4. The van der Waals surface area contributed by atoms with Crippen molar-refractivity contribution in [3.8, 4) is 0 Å². The van der Waals surface area contributed by atoms with Gasteiger partial charge in [0.05, 0.1) is 5.01 Å². The number of likely N-dealkylation sites (tertiary alicyclic amines) is 2. The molecule has 2 atom stereocenters. The quantitative estimate of drug-likeness (QED) is 0.615. The van der Waals surface area contributed by atoms with Crippen LogP contribution in [0.1, 0.15) is 74.8 Å². The number of aromatic nitrogens is 2. The fourth-order valence-corrected chi connectivity index (χ4v) is 6.88. The van der Waals surface area contributed by atoms with Crippen molar-refractivity contribution in [2.24, 2.45) is 5.41 Å². The summed E-state index contributed by atoms with van der Waals surface area (Å²) in [5.41, 5.74) is 2.11. The summed E-state index contributed by atoms with van der Waals surface area (Å²) in [4.78, 5) is 14.2. The van der Waals surface area contributed by atoms with Crippen LogP contribution in [-0.2, 0) is 0 Å². The summed E-state index contributed by atoms with van der Waals surface area (Å²) in [6.45, 7) is 10.0. The molecular weight excluding hydrogens is 388 g/mol. The van der Waals surface area contributed by atoms with Crippen LogP contribution in [-0.4, -0.2) is 58.0 Å². The van der Waals surface area contributed by atoms with Gasteiger partial charge in [-0.3, -0.25) is 9.88 Å². The average Bonchev–Trinajstić information content (AvgIpc) is 3.25. The first-order chi connectivity index (χ1) is 14.6. The van der Waals surface area contributed by atoms with E-state index in [1.807, 2.05) is 29.9 Å². The van der Waals surface area contributed by atoms with E-state index in [4.69, 9.17) is 0 Å². The van der Waals surface area contributed by atoms with Gasteiger partial charge in [-0.2, -0.15) is 0 Å². The molecule has 0 aromatic carbocycles. The van der Waals surface area contributed by atoms with Gasteiger partial charge < -0.3 is 4.90 Å². The molecule has 2 aromatic heterocycles. The summed E-state index contributed by atoms with van der Waals surface area (Å²) >= 11 is 1.84. The second-order valence-electron chi connectivity index (χ2n) is 10.2. The van der Waals surface area contributed by atoms with Crippen LogP contribution in [0.25, 0.3) is 0 Å². The van der Waals surface area contributed by atoms with E-state index in [9.17, 15) is 0 Å². The maximum atomic E-state index is 4.53. The maximum absolute atomic E-state index is 4.53. The topological polar surface area (TPSA) is 32.3 Å². The van der Waals surface area contributed by atoms with Crippen molar-refractivity contribution < 1.29 is 0 Å². The molecule has 5 rings (SSSR count). The van der Waals surface area contributed by atoms with Gasteiger partial charge in [-0.15, -0.1) is 11.3 Å². The molecule has 4 heterocycles. The Bertz CT molecular complexity index is 786. The highest BCUT2D eigenvalue weighted by molar-refractivity contribution is 7.09. The monoisotopic (exact) mass is 424 g/mol. The van der Waals surface area contributed by atoms with Crippen LogP contribution in [0.15, 0.2) is 36.1 Å². The van der Waals surface area contributed by atoms with Crippen LogP contribution in [0.4, 0.5) is 0 Å². The van der Waals surface area contributed by atoms with Gasteiger partial charge in [-0.25, -0.2) is 4.98 Å². The number of pyridine rings is 1. The Labute approximate surface area is 185 Å². The molecule has 3 aliphatic rings. The number of piperidine rings is 1. The molecule has 1 spiro atoms. The van der Waals surface area contributed by atoms with Gasteiger partial charge in [0.25, 0.3) is 0 Å². The first-order valence-electron chi connectivity index (χ1n) is 11.9. The molecule has 0 radical (unpaired) electrons. The fourth-order valence-electron chi connectivity index (χ4n) is 6.14. The zero-order valence-electron chi connectivity index (χ0n) is 18.5. The van der Waals surface area contributed by atoms with Crippen molar-refractivity contribution in [1.82, 2.24) is 19.8 Å². The Morgan fingerprint density at radius 1 is 0.967 bits per heavy atom. The number of hydrogen-bond donors (Lipinski definition) is 0. The zero-order chi connectivity index (χ0) is 20.6. The molecule has 2 saturated heterocycles. The molecule has 0 bridgehead atoms. The minimum Gasteiger partial charge on any atom is -0.301 e. The summed E-state index contributed by atoms with van der Waals surface area (Å²) in [6.07, 6.45) is 13.8. The van der Waals surface area contributed by atoms with E-state index in [0.717, 1.165) is 17.9 Å². The van der Waals surface area contributed by atoms with Crippen LogP contribution in [0, 0.1) is 5.41 Å². The molecule has 3 fully saturated rings. The molecule has 1 aliphatic carbocycles. The lowest BCUT2D eigenvalue weighted by atomic mass is 9.57. The largest absolute Gasteiger partial charge is 0.301 e. The summed E-state index contributed by atoms with van der Waals surface area (Å²) < 4.78 is 0. The van der Waals surface area contributed by atoms with Crippen molar-refractivity contribution >= 4 is 11.3 Å². The summed E-state index contributed by atoms with van der Waals surface area (Å²) in [7, 11) is 0. The van der Waals surface area contributed by atoms with Crippen molar-refractivity contribution in [3.05, 3.63) is 46.7 Å². The fraction of sp³-hybridized carbons (Fsp3) is 0.680. The summed E-state index contributed by atoms with van der Waals surface area (Å²) in [6, 6.07) is 5.84. The van der Waals surface area contributed by atoms with Crippen LogP contribution in [0.3, 0.4) is 0 Å². The van der Waals surface area contributed by atoms with Crippen LogP contribution >= 0.6 is 11.3 Å². The standard InChI is InChI=1S/C25H36N4S/c1-19(28-12-7-22(8-13-28)21-5-9-26-10-6-21)3-4-20(2)29-17-25(18-29)15-23(16-25)24-27-11-14-30-24/h5-6,9-11,14,19-20,22-23H,3-4,7-8,12-13,15-18H2,1-2H3. The minimum absolute atomic E-state index is 0.630. The lowest BCUT2D eigenvalue weighted by molar-refractivity contribution is -0.0933. The van der Waals surface area contributed by atoms with E-state index in [2.05, 4.69) is 51.1 Å². The Morgan fingerprint density at radius 3 is 2.27 bits per heavy atom. The van der Waals surface area contributed by atoms with E-state index in [0.29, 0.717) is 11.5 Å². The average molecular weight is 425 g/mol. The first kappa shape index (κ1) is 20.6. The predicted molar refractivity (Wildman–Crippen MR) is 124 cm³/mol. The third-order valence-corrected chi connectivity index (χ3v) is 9.13. The normalized spacial score (nSPS) is 25.0. The summed E-state index contributed by atoms with van der Waals surface area (Å²) in [5, 5.41) is 3.49. The number of thiazole rings is 1. The molecule has 2 unspecified atom stereocenters. The molecule has 30 heavy (non-hydrogen) atoms. The van der Waals surface area contributed by atoms with Gasteiger partial charge in [0.15, 0.2) is 0 Å². The second kappa shape index (κ2) is 8.68. The van der Waals surface area contributed by atoms with Crippen molar-refractivity contribution in [2.75, 3.05) is 26.2 Å². The molecule has 0 N–H and O–H groups in total. The molecular formula is C25H36N4S. The Balaban J connectivity index is 1.01. The minimum atomic E-state index is 0.630. The molecule has 0 amide bonds. The van der Waals surface area contributed by atoms with Gasteiger partial charge in [0.1, 0.15) is 0 Å². The van der Waals surface area contributed by atoms with E-state index >= 15 is 0 Å². The van der Waals surface area contributed by atoms with Gasteiger partial charge in [-0.1, -0.05) is 0 Å². The van der Waals surface area contributed by atoms with Crippen LogP contribution in [0.5, 0.6) is 0 Å². The predicted octanol–water partition coefficient (Wildman–Crippen LogP) is 5.15. The van der Waals surface area contributed by atoms with E-state index in [1.165, 1.54) is 75.3 Å².